The standard InChI is InChI=1S/C20H28N4O/c1-16-5-4-9-21-19(16)15-24-11-12-25-18(14-24)7-6-17-8-10-22-20(13-17)23(2)3/h4-5,8-10,13,18H,6-7,11-12,14-15H2,1-3H3/t18-/m0/s1. The molecule has 1 atom stereocenters. The predicted octanol–water partition coefficient (Wildman–Crippen LogP) is 2.68. The van der Waals surface area contributed by atoms with Crippen molar-refractivity contribution in [3.8, 4) is 0 Å². The Kier molecular flexibility index (Phi) is 6.00. The first-order valence-corrected chi connectivity index (χ1v) is 8.98. The van der Waals surface area contributed by atoms with Gasteiger partial charge >= 0.3 is 0 Å². The van der Waals surface area contributed by atoms with Crippen LogP contribution in [-0.2, 0) is 17.7 Å². The second-order valence-electron chi connectivity index (χ2n) is 6.95. The molecule has 1 aliphatic rings. The van der Waals surface area contributed by atoms with Crippen LogP contribution in [0.25, 0.3) is 0 Å². The Hall–Kier alpha value is -1.98. The lowest BCUT2D eigenvalue weighted by atomic mass is 10.1. The molecular formula is C20H28N4O. The molecule has 0 amide bonds. The Balaban J connectivity index is 1.53. The third-order valence-electron chi connectivity index (χ3n) is 4.74. The molecule has 0 unspecified atom stereocenters. The number of ether oxygens (including phenoxy) is 1. The number of hydrogen-bond donors (Lipinski definition) is 0. The van der Waals surface area contributed by atoms with Crippen LogP contribution in [0.2, 0.25) is 0 Å². The Labute approximate surface area is 150 Å². The number of aromatic nitrogens is 2. The second kappa shape index (κ2) is 8.41. The fourth-order valence-electron chi connectivity index (χ4n) is 3.18. The molecule has 0 radical (unpaired) electrons. The molecule has 5 heteroatoms. The highest BCUT2D eigenvalue weighted by molar-refractivity contribution is 5.39. The molecule has 0 bridgehead atoms. The highest BCUT2D eigenvalue weighted by Gasteiger charge is 2.21. The van der Waals surface area contributed by atoms with Gasteiger partial charge in [0.05, 0.1) is 18.4 Å². The molecule has 25 heavy (non-hydrogen) atoms. The molecule has 5 nitrogen and oxygen atoms in total. The van der Waals surface area contributed by atoms with Crippen molar-refractivity contribution in [2.75, 3.05) is 38.7 Å². The lowest BCUT2D eigenvalue weighted by Crippen LogP contribution is -2.42. The smallest absolute Gasteiger partial charge is 0.128 e. The van der Waals surface area contributed by atoms with E-state index >= 15 is 0 Å². The monoisotopic (exact) mass is 340 g/mol. The van der Waals surface area contributed by atoms with Gasteiger partial charge in [-0.2, -0.15) is 0 Å². The highest BCUT2D eigenvalue weighted by Crippen LogP contribution is 2.17. The maximum absolute atomic E-state index is 5.99. The first-order chi connectivity index (χ1) is 12.1. The number of morpholine rings is 1. The number of aryl methyl sites for hydroxylation is 2. The highest BCUT2D eigenvalue weighted by atomic mass is 16.5. The maximum Gasteiger partial charge on any atom is 0.128 e. The summed E-state index contributed by atoms with van der Waals surface area (Å²) in [5.74, 6) is 1.01. The average Bonchev–Trinajstić information content (AvgIpc) is 2.62. The van der Waals surface area contributed by atoms with E-state index < -0.39 is 0 Å². The van der Waals surface area contributed by atoms with E-state index in [1.54, 1.807) is 0 Å². The van der Waals surface area contributed by atoms with Crippen molar-refractivity contribution in [3.63, 3.8) is 0 Å². The molecule has 0 spiro atoms. The van der Waals surface area contributed by atoms with Crippen molar-refractivity contribution in [1.29, 1.82) is 0 Å². The van der Waals surface area contributed by atoms with Gasteiger partial charge in [-0.3, -0.25) is 9.88 Å². The minimum Gasteiger partial charge on any atom is -0.376 e. The van der Waals surface area contributed by atoms with Crippen molar-refractivity contribution in [3.05, 3.63) is 53.5 Å². The maximum atomic E-state index is 5.99. The summed E-state index contributed by atoms with van der Waals surface area (Å²) in [5, 5.41) is 0. The summed E-state index contributed by atoms with van der Waals surface area (Å²) in [7, 11) is 4.04. The third-order valence-corrected chi connectivity index (χ3v) is 4.74. The Morgan fingerprint density at radius 1 is 1.24 bits per heavy atom. The molecule has 1 aliphatic heterocycles. The topological polar surface area (TPSA) is 41.5 Å². The van der Waals surface area contributed by atoms with Crippen LogP contribution in [0.4, 0.5) is 5.82 Å². The molecule has 0 aliphatic carbocycles. The lowest BCUT2D eigenvalue weighted by molar-refractivity contribution is -0.0349. The van der Waals surface area contributed by atoms with Crippen molar-refractivity contribution in [2.24, 2.45) is 0 Å². The van der Waals surface area contributed by atoms with E-state index in [0.717, 1.165) is 44.9 Å². The zero-order chi connectivity index (χ0) is 17.6. The number of anilines is 1. The number of rotatable bonds is 6. The van der Waals surface area contributed by atoms with Gasteiger partial charge in [-0.05, 0) is 49.1 Å². The molecule has 1 fully saturated rings. The minimum absolute atomic E-state index is 0.286. The summed E-state index contributed by atoms with van der Waals surface area (Å²) in [6.45, 7) is 5.79. The van der Waals surface area contributed by atoms with E-state index in [4.69, 9.17) is 4.74 Å². The molecular weight excluding hydrogens is 312 g/mol. The van der Waals surface area contributed by atoms with Gasteiger partial charge in [0.2, 0.25) is 0 Å². The van der Waals surface area contributed by atoms with Crippen molar-refractivity contribution in [1.82, 2.24) is 14.9 Å². The third kappa shape index (κ3) is 5.00. The Morgan fingerprint density at radius 3 is 2.92 bits per heavy atom. The zero-order valence-electron chi connectivity index (χ0n) is 15.5. The molecule has 0 aromatic carbocycles. The Bertz CT molecular complexity index is 689. The molecule has 3 heterocycles. The van der Waals surface area contributed by atoms with Crippen LogP contribution < -0.4 is 4.90 Å². The van der Waals surface area contributed by atoms with E-state index in [2.05, 4.69) is 40.0 Å². The average molecular weight is 340 g/mol. The summed E-state index contributed by atoms with van der Waals surface area (Å²) >= 11 is 0. The Morgan fingerprint density at radius 2 is 2.12 bits per heavy atom. The van der Waals surface area contributed by atoms with Gasteiger partial charge in [-0.15, -0.1) is 0 Å². The van der Waals surface area contributed by atoms with Crippen molar-refractivity contribution >= 4 is 5.82 Å². The van der Waals surface area contributed by atoms with E-state index in [-0.39, 0.29) is 6.10 Å². The fourth-order valence-corrected chi connectivity index (χ4v) is 3.18. The van der Waals surface area contributed by atoms with Gasteiger partial charge in [-0.25, -0.2) is 4.98 Å². The molecule has 2 aromatic heterocycles. The van der Waals surface area contributed by atoms with Crippen LogP contribution in [0.3, 0.4) is 0 Å². The van der Waals surface area contributed by atoms with Crippen molar-refractivity contribution < 1.29 is 4.74 Å². The molecule has 1 saturated heterocycles. The van der Waals surface area contributed by atoms with Crippen LogP contribution in [0, 0.1) is 6.92 Å². The van der Waals surface area contributed by atoms with Crippen LogP contribution in [0.15, 0.2) is 36.7 Å². The van der Waals surface area contributed by atoms with Gasteiger partial charge in [0.25, 0.3) is 0 Å². The van der Waals surface area contributed by atoms with Crippen LogP contribution in [0.5, 0.6) is 0 Å². The predicted molar refractivity (Wildman–Crippen MR) is 101 cm³/mol. The molecule has 134 valence electrons. The summed E-state index contributed by atoms with van der Waals surface area (Å²) in [5.41, 5.74) is 3.76. The van der Waals surface area contributed by atoms with Crippen LogP contribution >= 0.6 is 0 Å². The van der Waals surface area contributed by atoms with E-state index in [1.807, 2.05) is 37.5 Å². The van der Waals surface area contributed by atoms with Crippen LogP contribution in [-0.4, -0.2) is 54.8 Å². The summed E-state index contributed by atoms with van der Waals surface area (Å²) < 4.78 is 5.99. The first kappa shape index (κ1) is 17.8. The van der Waals surface area contributed by atoms with Gasteiger partial charge in [0.1, 0.15) is 5.82 Å². The number of pyridine rings is 2. The summed E-state index contributed by atoms with van der Waals surface area (Å²) in [6.07, 6.45) is 6.11. The fraction of sp³-hybridized carbons (Fsp3) is 0.500. The van der Waals surface area contributed by atoms with Gasteiger partial charge < -0.3 is 9.64 Å². The summed E-state index contributed by atoms with van der Waals surface area (Å²) in [6, 6.07) is 8.40. The van der Waals surface area contributed by atoms with Gasteiger partial charge in [-0.1, -0.05) is 6.07 Å². The van der Waals surface area contributed by atoms with Crippen LogP contribution in [0.1, 0.15) is 23.2 Å². The summed E-state index contributed by atoms with van der Waals surface area (Å²) in [4.78, 5) is 13.4. The van der Waals surface area contributed by atoms with E-state index in [9.17, 15) is 0 Å². The van der Waals surface area contributed by atoms with Crippen molar-refractivity contribution in [2.45, 2.75) is 32.4 Å². The largest absolute Gasteiger partial charge is 0.376 e. The lowest BCUT2D eigenvalue weighted by Gasteiger charge is -2.33. The number of nitrogens with zero attached hydrogens (tertiary/aromatic N) is 4. The number of hydrogen-bond acceptors (Lipinski definition) is 5. The first-order valence-electron chi connectivity index (χ1n) is 8.98. The van der Waals surface area contributed by atoms with Gasteiger partial charge in [0, 0.05) is 46.1 Å². The molecule has 0 saturated carbocycles. The normalized spacial score (nSPS) is 18.3. The zero-order valence-corrected chi connectivity index (χ0v) is 15.5. The van der Waals surface area contributed by atoms with Gasteiger partial charge in [0.15, 0.2) is 0 Å². The van der Waals surface area contributed by atoms with E-state index in [1.165, 1.54) is 16.8 Å². The quantitative estimate of drug-likeness (QED) is 0.809. The molecule has 0 N–H and O–H groups in total. The SMILES string of the molecule is Cc1cccnc1CN1CCO[C@@H](CCc2ccnc(N(C)C)c2)C1. The second-order valence-corrected chi connectivity index (χ2v) is 6.95. The molecule has 3 rings (SSSR count). The minimum atomic E-state index is 0.286. The molecule has 2 aromatic rings. The van der Waals surface area contributed by atoms with E-state index in [0.29, 0.717) is 0 Å².